The summed E-state index contributed by atoms with van der Waals surface area (Å²) in [5, 5.41) is 3.98. The zero-order chi connectivity index (χ0) is 33.1. The number of piperidine rings is 1. The third-order valence-corrected chi connectivity index (χ3v) is 9.68. The van der Waals surface area contributed by atoms with Gasteiger partial charge in [0.1, 0.15) is 28.2 Å². The fourth-order valence-electron chi connectivity index (χ4n) is 6.83. The number of amides is 1. The fraction of sp³-hybridized carbons (Fsp3) is 0.600. The van der Waals surface area contributed by atoms with Crippen molar-refractivity contribution in [3.05, 3.63) is 35.2 Å². The topological polar surface area (TPSA) is 105 Å². The highest BCUT2D eigenvalue weighted by Crippen LogP contribution is 2.38. The molecule has 0 saturated carbocycles. The van der Waals surface area contributed by atoms with Crippen LogP contribution in [0, 0.1) is 0 Å². The molecule has 11 nitrogen and oxygen atoms in total. The lowest BCUT2D eigenvalue weighted by molar-refractivity contribution is 0.00901. The molecule has 0 radical (unpaired) electrons. The summed E-state index contributed by atoms with van der Waals surface area (Å²) in [7, 11) is 1.72. The van der Waals surface area contributed by atoms with Crippen molar-refractivity contribution in [1.29, 1.82) is 0 Å². The van der Waals surface area contributed by atoms with Crippen LogP contribution in [0.1, 0.15) is 59.1 Å². The van der Waals surface area contributed by atoms with E-state index in [1.807, 2.05) is 25.7 Å². The van der Waals surface area contributed by atoms with Gasteiger partial charge in [-0.05, 0) is 70.6 Å². The fourth-order valence-corrected chi connectivity index (χ4v) is 7.01. The maximum absolute atomic E-state index is 12.5. The highest BCUT2D eigenvalue weighted by atomic mass is 35.5. The van der Waals surface area contributed by atoms with Gasteiger partial charge in [-0.1, -0.05) is 24.6 Å². The molecule has 2 aromatic heterocycles. The minimum atomic E-state index is -0.474. The van der Waals surface area contributed by atoms with Crippen LogP contribution in [-0.2, 0) is 15.9 Å². The molecule has 5 heterocycles. The van der Waals surface area contributed by atoms with Crippen LogP contribution < -0.4 is 15.0 Å². The number of nitrogens with one attached hydrogen (secondary N) is 1. The quantitative estimate of drug-likeness (QED) is 0.301. The number of fused-ring (bicyclic) bond motifs is 1. The smallest absolute Gasteiger partial charge is 0.410 e. The molecule has 12 heteroatoms. The second-order valence-electron chi connectivity index (χ2n) is 13.7. The number of piperazine rings is 1. The number of methoxy groups -OCH3 is 1. The van der Waals surface area contributed by atoms with Crippen molar-refractivity contribution in [2.75, 3.05) is 69.8 Å². The van der Waals surface area contributed by atoms with Crippen molar-refractivity contribution < 1.29 is 19.0 Å². The molecule has 0 bridgehead atoms. The van der Waals surface area contributed by atoms with E-state index in [1.165, 1.54) is 0 Å². The van der Waals surface area contributed by atoms with E-state index in [-0.39, 0.29) is 6.09 Å². The molecule has 254 valence electrons. The number of nitrogens with zero attached hydrogens (tertiary/aromatic N) is 6. The minimum Gasteiger partial charge on any atom is -0.495 e. The molecule has 1 amide bonds. The van der Waals surface area contributed by atoms with Crippen molar-refractivity contribution in [3.8, 4) is 16.9 Å². The predicted molar refractivity (Wildman–Crippen MR) is 186 cm³/mol. The molecule has 3 saturated heterocycles. The number of aryl methyl sites for hydroxylation is 1. The Kier molecular flexibility index (Phi) is 10.2. The summed E-state index contributed by atoms with van der Waals surface area (Å²) in [4.78, 5) is 33.8. The lowest BCUT2D eigenvalue weighted by Gasteiger charge is -2.43. The monoisotopic (exact) mass is 665 g/mol. The van der Waals surface area contributed by atoms with Gasteiger partial charge < -0.3 is 29.3 Å². The Balaban J connectivity index is 1.16. The van der Waals surface area contributed by atoms with E-state index >= 15 is 0 Å². The molecule has 6 rings (SSSR count). The number of halogens is 1. The van der Waals surface area contributed by atoms with Gasteiger partial charge in [0.2, 0.25) is 0 Å². The second kappa shape index (κ2) is 14.4. The van der Waals surface area contributed by atoms with E-state index in [4.69, 9.17) is 35.8 Å². The average molecular weight is 666 g/mol. The van der Waals surface area contributed by atoms with Gasteiger partial charge in [0, 0.05) is 76.3 Å². The summed E-state index contributed by atoms with van der Waals surface area (Å²) in [5.41, 5.74) is 4.63. The first-order valence-corrected chi connectivity index (χ1v) is 17.4. The largest absolute Gasteiger partial charge is 0.495 e. The maximum atomic E-state index is 12.5. The number of hydrogen-bond donors (Lipinski definition) is 1. The van der Waals surface area contributed by atoms with Crippen LogP contribution in [0.25, 0.3) is 22.2 Å². The summed E-state index contributed by atoms with van der Waals surface area (Å²) >= 11 is 6.58. The van der Waals surface area contributed by atoms with E-state index in [2.05, 4.69) is 45.2 Å². The lowest BCUT2D eigenvalue weighted by atomic mass is 10.00. The van der Waals surface area contributed by atoms with Crippen LogP contribution in [0.3, 0.4) is 0 Å². The molecule has 1 aromatic carbocycles. The number of anilines is 2. The zero-order valence-corrected chi connectivity index (χ0v) is 29.1. The predicted octanol–water partition coefficient (Wildman–Crippen LogP) is 6.03. The van der Waals surface area contributed by atoms with E-state index in [9.17, 15) is 4.79 Å². The molecule has 3 fully saturated rings. The molecule has 0 unspecified atom stereocenters. The molecule has 3 aliphatic rings. The van der Waals surface area contributed by atoms with Gasteiger partial charge in [-0.15, -0.1) is 0 Å². The van der Waals surface area contributed by atoms with Gasteiger partial charge in [-0.25, -0.2) is 19.7 Å². The first-order chi connectivity index (χ1) is 22.6. The number of benzene rings is 1. The molecule has 1 N–H and O–H groups in total. The van der Waals surface area contributed by atoms with Gasteiger partial charge in [-0.2, -0.15) is 0 Å². The Labute approximate surface area is 282 Å². The van der Waals surface area contributed by atoms with E-state index in [0.717, 1.165) is 111 Å². The Morgan fingerprint density at radius 3 is 2.40 bits per heavy atom. The molecule has 47 heavy (non-hydrogen) atoms. The number of carbonyl (C=O) groups is 1. The number of carbonyl (C=O) groups excluding carboxylic acids is 1. The molecule has 0 aliphatic carbocycles. The number of pyridine rings is 1. The van der Waals surface area contributed by atoms with Gasteiger partial charge in [-0.3, -0.25) is 4.90 Å². The Morgan fingerprint density at radius 2 is 1.74 bits per heavy atom. The Bertz CT molecular complexity index is 1560. The number of aromatic nitrogens is 3. The van der Waals surface area contributed by atoms with Crippen molar-refractivity contribution in [2.45, 2.75) is 77.5 Å². The summed E-state index contributed by atoms with van der Waals surface area (Å²) in [6.07, 6.45) is 6.29. The highest BCUT2D eigenvalue weighted by Gasteiger charge is 2.31. The van der Waals surface area contributed by atoms with Crippen molar-refractivity contribution in [3.63, 3.8) is 0 Å². The van der Waals surface area contributed by atoms with Crippen molar-refractivity contribution in [2.24, 2.45) is 0 Å². The van der Waals surface area contributed by atoms with Gasteiger partial charge in [0.15, 0.2) is 5.15 Å². The molecule has 3 aliphatic heterocycles. The number of hydrogen-bond acceptors (Lipinski definition) is 10. The van der Waals surface area contributed by atoms with Crippen molar-refractivity contribution >= 4 is 40.2 Å². The normalized spacial score (nSPS) is 18.9. The van der Waals surface area contributed by atoms with Crippen LogP contribution >= 0.6 is 11.6 Å². The SMILES string of the molecule is CCc1nc2c(Cl)ncc(-c3ccc(N4CCC(N5CCN(C(=O)OC(C)(C)C)CC5)CC4)c(OC)c3)c2nc1NC1CCOCC1. The first-order valence-electron chi connectivity index (χ1n) is 17.0. The Hall–Kier alpha value is -3.41. The number of ether oxygens (including phenoxy) is 3. The lowest BCUT2D eigenvalue weighted by Crippen LogP contribution is -2.55. The summed E-state index contributed by atoms with van der Waals surface area (Å²) in [6.45, 7) is 14.3. The van der Waals surface area contributed by atoms with Crippen LogP contribution in [0.15, 0.2) is 24.4 Å². The van der Waals surface area contributed by atoms with Crippen LogP contribution in [-0.4, -0.2) is 108 Å². The van der Waals surface area contributed by atoms with Gasteiger partial charge >= 0.3 is 6.09 Å². The summed E-state index contributed by atoms with van der Waals surface area (Å²) in [5.74, 6) is 1.61. The molecular formula is C35H48ClN7O4. The minimum absolute atomic E-state index is 0.213. The molecule has 0 atom stereocenters. The summed E-state index contributed by atoms with van der Waals surface area (Å²) in [6, 6.07) is 7.13. The molecular weight excluding hydrogens is 618 g/mol. The average Bonchev–Trinajstić information content (AvgIpc) is 3.08. The third-order valence-electron chi connectivity index (χ3n) is 9.40. The van der Waals surface area contributed by atoms with E-state index in [0.29, 0.717) is 35.8 Å². The standard InChI is InChI=1S/C35H48ClN7O4/c1-6-27-33(38-24-11-19-46-20-12-24)40-30-26(22-37-32(36)31(30)39-27)23-7-8-28(29(21-23)45-5)42-13-9-25(10-14-42)41-15-17-43(18-16-41)34(44)47-35(2,3)4/h7-8,21-22,24-25H,6,9-20H2,1-5H3,(H,38,40). The number of rotatable bonds is 7. The van der Waals surface area contributed by atoms with E-state index in [1.54, 1.807) is 13.3 Å². The van der Waals surface area contributed by atoms with Gasteiger partial charge in [0.25, 0.3) is 0 Å². The summed E-state index contributed by atoms with van der Waals surface area (Å²) < 4.78 is 17.1. The first kappa shape index (κ1) is 33.5. The van der Waals surface area contributed by atoms with Crippen LogP contribution in [0.4, 0.5) is 16.3 Å². The molecule has 3 aromatic rings. The maximum Gasteiger partial charge on any atom is 0.410 e. The Morgan fingerprint density at radius 1 is 1.02 bits per heavy atom. The van der Waals surface area contributed by atoms with E-state index < -0.39 is 5.60 Å². The van der Waals surface area contributed by atoms with Crippen LogP contribution in [0.5, 0.6) is 5.75 Å². The third kappa shape index (κ3) is 7.68. The van der Waals surface area contributed by atoms with Crippen LogP contribution in [0.2, 0.25) is 5.15 Å². The van der Waals surface area contributed by atoms with Crippen molar-refractivity contribution in [1.82, 2.24) is 24.8 Å². The van der Waals surface area contributed by atoms with Gasteiger partial charge in [0.05, 0.1) is 18.5 Å². The second-order valence-corrected chi connectivity index (χ2v) is 14.0. The highest BCUT2D eigenvalue weighted by molar-refractivity contribution is 6.34. The zero-order valence-electron chi connectivity index (χ0n) is 28.4. The molecule has 0 spiro atoms.